The number of benzene rings is 1. The van der Waals surface area contributed by atoms with Crippen LogP contribution in [0, 0.1) is 0 Å². The standard InChI is InChI=1S/C15H21N3O3/c1-11(19)8-9-18(2)10-14-16-17-15(21-14)12-4-6-13(20-3)7-5-12/h4-7,11,19H,8-10H2,1-3H3. The fourth-order valence-electron chi connectivity index (χ4n) is 1.88. The summed E-state index contributed by atoms with van der Waals surface area (Å²) in [5.41, 5.74) is 0.862. The molecule has 0 aliphatic carbocycles. The molecule has 1 aromatic carbocycles. The van der Waals surface area contributed by atoms with Crippen LogP contribution in [0.1, 0.15) is 19.2 Å². The van der Waals surface area contributed by atoms with Crippen molar-refractivity contribution >= 4 is 0 Å². The number of aromatic nitrogens is 2. The van der Waals surface area contributed by atoms with Gasteiger partial charge in [-0.1, -0.05) is 0 Å². The average molecular weight is 291 g/mol. The Bertz CT molecular complexity index is 552. The van der Waals surface area contributed by atoms with Gasteiger partial charge in [0.2, 0.25) is 11.8 Å². The molecule has 0 saturated heterocycles. The van der Waals surface area contributed by atoms with Crippen LogP contribution in [0.15, 0.2) is 28.7 Å². The second-order valence-corrected chi connectivity index (χ2v) is 5.10. The summed E-state index contributed by atoms with van der Waals surface area (Å²) < 4.78 is 10.8. The molecule has 0 spiro atoms. The number of rotatable bonds is 7. The van der Waals surface area contributed by atoms with Gasteiger partial charge in [-0.2, -0.15) is 0 Å². The Hall–Kier alpha value is -1.92. The van der Waals surface area contributed by atoms with Crippen molar-refractivity contribution in [3.05, 3.63) is 30.2 Å². The van der Waals surface area contributed by atoms with Crippen molar-refractivity contribution in [2.45, 2.75) is 26.0 Å². The lowest BCUT2D eigenvalue weighted by atomic mass is 10.2. The highest BCUT2D eigenvalue weighted by molar-refractivity contribution is 5.53. The zero-order valence-electron chi connectivity index (χ0n) is 12.6. The maximum absolute atomic E-state index is 9.27. The molecular formula is C15H21N3O3. The van der Waals surface area contributed by atoms with Crippen LogP contribution < -0.4 is 4.74 Å². The van der Waals surface area contributed by atoms with Gasteiger partial charge in [0, 0.05) is 12.1 Å². The molecule has 2 aromatic rings. The Morgan fingerprint density at radius 3 is 2.62 bits per heavy atom. The molecular weight excluding hydrogens is 270 g/mol. The first-order valence-corrected chi connectivity index (χ1v) is 6.92. The normalized spacial score (nSPS) is 12.6. The van der Waals surface area contributed by atoms with Gasteiger partial charge in [-0.05, 0) is 44.7 Å². The summed E-state index contributed by atoms with van der Waals surface area (Å²) in [6, 6.07) is 7.47. The molecule has 21 heavy (non-hydrogen) atoms. The van der Waals surface area contributed by atoms with Crippen LogP contribution in [0.4, 0.5) is 0 Å². The predicted octanol–water partition coefficient (Wildman–Crippen LogP) is 1.95. The van der Waals surface area contributed by atoms with E-state index in [-0.39, 0.29) is 6.10 Å². The topological polar surface area (TPSA) is 71.6 Å². The number of hydrogen-bond donors (Lipinski definition) is 1. The minimum absolute atomic E-state index is 0.301. The van der Waals surface area contributed by atoms with Gasteiger partial charge in [0.1, 0.15) is 5.75 Å². The number of nitrogens with zero attached hydrogens (tertiary/aromatic N) is 3. The maximum Gasteiger partial charge on any atom is 0.247 e. The first-order valence-electron chi connectivity index (χ1n) is 6.92. The smallest absolute Gasteiger partial charge is 0.247 e. The van der Waals surface area contributed by atoms with Crippen molar-refractivity contribution in [3.63, 3.8) is 0 Å². The van der Waals surface area contributed by atoms with Gasteiger partial charge in [0.05, 0.1) is 19.8 Å². The molecule has 1 aromatic heterocycles. The van der Waals surface area contributed by atoms with Crippen LogP contribution in [-0.2, 0) is 6.54 Å². The van der Waals surface area contributed by atoms with E-state index in [9.17, 15) is 5.11 Å². The lowest BCUT2D eigenvalue weighted by Gasteiger charge is -2.14. The SMILES string of the molecule is COc1ccc(-c2nnc(CN(C)CCC(C)O)o2)cc1. The summed E-state index contributed by atoms with van der Waals surface area (Å²) in [7, 11) is 3.59. The molecule has 1 heterocycles. The molecule has 0 aliphatic rings. The second kappa shape index (κ2) is 7.19. The van der Waals surface area contributed by atoms with Gasteiger partial charge in [0.15, 0.2) is 0 Å². The molecule has 1 N–H and O–H groups in total. The van der Waals surface area contributed by atoms with Crippen molar-refractivity contribution in [2.24, 2.45) is 0 Å². The molecule has 0 radical (unpaired) electrons. The summed E-state index contributed by atoms with van der Waals surface area (Å²) in [6.07, 6.45) is 0.417. The van der Waals surface area contributed by atoms with Gasteiger partial charge in [0.25, 0.3) is 0 Å². The molecule has 114 valence electrons. The highest BCUT2D eigenvalue weighted by Crippen LogP contribution is 2.21. The van der Waals surface area contributed by atoms with E-state index in [1.54, 1.807) is 14.0 Å². The van der Waals surface area contributed by atoms with Crippen molar-refractivity contribution in [1.82, 2.24) is 15.1 Å². The minimum atomic E-state index is -0.301. The summed E-state index contributed by atoms with van der Waals surface area (Å²) in [5, 5.41) is 17.4. The van der Waals surface area contributed by atoms with E-state index in [2.05, 4.69) is 10.2 Å². The van der Waals surface area contributed by atoms with Gasteiger partial charge >= 0.3 is 0 Å². The molecule has 0 saturated carbocycles. The molecule has 2 rings (SSSR count). The monoisotopic (exact) mass is 291 g/mol. The highest BCUT2D eigenvalue weighted by atomic mass is 16.5. The third-order valence-corrected chi connectivity index (χ3v) is 3.14. The zero-order valence-corrected chi connectivity index (χ0v) is 12.6. The van der Waals surface area contributed by atoms with Crippen molar-refractivity contribution in [1.29, 1.82) is 0 Å². The third-order valence-electron chi connectivity index (χ3n) is 3.14. The van der Waals surface area contributed by atoms with Crippen molar-refractivity contribution < 1.29 is 14.3 Å². The summed E-state index contributed by atoms with van der Waals surface area (Å²) in [4.78, 5) is 2.04. The Balaban J connectivity index is 1.97. The minimum Gasteiger partial charge on any atom is -0.497 e. The predicted molar refractivity (Wildman–Crippen MR) is 78.9 cm³/mol. The fourth-order valence-corrected chi connectivity index (χ4v) is 1.88. The van der Waals surface area contributed by atoms with E-state index >= 15 is 0 Å². The van der Waals surface area contributed by atoms with E-state index in [0.29, 0.717) is 18.3 Å². The highest BCUT2D eigenvalue weighted by Gasteiger charge is 2.11. The van der Waals surface area contributed by atoms with Gasteiger partial charge in [-0.15, -0.1) is 10.2 Å². The molecule has 6 heteroatoms. The Labute approximate surface area is 124 Å². The Morgan fingerprint density at radius 2 is 2.00 bits per heavy atom. The van der Waals surface area contributed by atoms with E-state index in [1.165, 1.54) is 0 Å². The largest absolute Gasteiger partial charge is 0.497 e. The number of aliphatic hydroxyl groups excluding tert-OH is 1. The molecule has 1 atom stereocenters. The quantitative estimate of drug-likeness (QED) is 0.840. The maximum atomic E-state index is 9.27. The van der Waals surface area contributed by atoms with Gasteiger partial charge < -0.3 is 14.3 Å². The van der Waals surface area contributed by atoms with Gasteiger partial charge in [-0.25, -0.2) is 0 Å². The zero-order chi connectivity index (χ0) is 15.2. The number of aliphatic hydroxyl groups is 1. The fraction of sp³-hybridized carbons (Fsp3) is 0.467. The molecule has 0 fully saturated rings. The summed E-state index contributed by atoms with van der Waals surface area (Å²) in [5.74, 6) is 1.85. The van der Waals surface area contributed by atoms with Crippen molar-refractivity contribution in [3.8, 4) is 17.2 Å². The molecule has 6 nitrogen and oxygen atoms in total. The number of methoxy groups -OCH3 is 1. The summed E-state index contributed by atoms with van der Waals surface area (Å²) >= 11 is 0. The van der Waals surface area contributed by atoms with Crippen LogP contribution in [0.3, 0.4) is 0 Å². The molecule has 0 amide bonds. The number of ether oxygens (including phenoxy) is 1. The second-order valence-electron chi connectivity index (χ2n) is 5.10. The van der Waals surface area contributed by atoms with Gasteiger partial charge in [-0.3, -0.25) is 4.90 Å². The molecule has 0 aliphatic heterocycles. The first-order chi connectivity index (χ1) is 10.1. The Kier molecular flexibility index (Phi) is 5.30. The van der Waals surface area contributed by atoms with Crippen LogP contribution in [0.5, 0.6) is 5.75 Å². The third kappa shape index (κ3) is 4.54. The average Bonchev–Trinajstić information content (AvgIpc) is 2.93. The van der Waals surface area contributed by atoms with E-state index in [0.717, 1.165) is 24.3 Å². The van der Waals surface area contributed by atoms with Crippen LogP contribution in [0.2, 0.25) is 0 Å². The van der Waals surface area contributed by atoms with Crippen LogP contribution in [0.25, 0.3) is 11.5 Å². The van der Waals surface area contributed by atoms with E-state index < -0.39 is 0 Å². The lowest BCUT2D eigenvalue weighted by molar-refractivity contribution is 0.159. The van der Waals surface area contributed by atoms with E-state index in [4.69, 9.17) is 9.15 Å². The first kappa shape index (κ1) is 15.5. The van der Waals surface area contributed by atoms with Crippen molar-refractivity contribution in [2.75, 3.05) is 20.7 Å². The van der Waals surface area contributed by atoms with Crippen LogP contribution >= 0.6 is 0 Å². The number of hydrogen-bond acceptors (Lipinski definition) is 6. The molecule has 0 bridgehead atoms. The summed E-state index contributed by atoms with van der Waals surface area (Å²) in [6.45, 7) is 3.12. The van der Waals surface area contributed by atoms with Crippen LogP contribution in [-0.4, -0.2) is 47.0 Å². The Morgan fingerprint density at radius 1 is 1.29 bits per heavy atom. The van der Waals surface area contributed by atoms with E-state index in [1.807, 2.05) is 36.2 Å². The molecule has 1 unspecified atom stereocenters. The lowest BCUT2D eigenvalue weighted by Crippen LogP contribution is -2.22.